The molecule has 0 aliphatic rings. The van der Waals surface area contributed by atoms with Crippen LogP contribution in [0.3, 0.4) is 0 Å². The van der Waals surface area contributed by atoms with Crippen molar-refractivity contribution in [1.29, 1.82) is 0 Å². The molecule has 0 heterocycles. The fraction of sp³-hybridized carbons (Fsp3) is 0.500. The maximum Gasteiger partial charge on any atom is 0.352 e. The first-order valence-electron chi connectivity index (χ1n) is 1.98. The summed E-state index contributed by atoms with van der Waals surface area (Å²) in [6, 6.07) is 0. The number of carbonyl (C=O) groups excluding carboxylic acids is 2. The largest absolute Gasteiger partial charge is 0.352 e. The Morgan fingerprint density at radius 1 is 1.00 bits per heavy atom. The number of hydrogen-bond acceptors (Lipinski definition) is 4. The normalized spacial score (nSPS) is 6.89. The second kappa shape index (κ2) is 5.73. The molecule has 0 aromatic carbocycles. The molecule has 5 heteroatoms. The van der Waals surface area contributed by atoms with E-state index >= 15 is 0 Å². The van der Waals surface area contributed by atoms with Crippen molar-refractivity contribution >= 4 is 11.9 Å². The fourth-order valence-corrected chi connectivity index (χ4v) is 0.117. The van der Waals surface area contributed by atoms with Crippen LogP contribution in [-0.4, -0.2) is 11.9 Å². The minimum atomic E-state index is -0.639. The van der Waals surface area contributed by atoms with Crippen molar-refractivity contribution in [1.82, 2.24) is 0 Å². The van der Waals surface area contributed by atoms with Crippen molar-refractivity contribution in [2.24, 2.45) is 0 Å². The monoisotopic (exact) mass is 224 g/mol. The molecule has 9 heavy (non-hydrogen) atoms. The maximum absolute atomic E-state index is 9.85. The number of carbonyl (C=O) groups is 2. The van der Waals surface area contributed by atoms with Gasteiger partial charge in [0, 0.05) is 34.3 Å². The van der Waals surface area contributed by atoms with Gasteiger partial charge in [0.2, 0.25) is 0 Å². The van der Waals surface area contributed by atoms with E-state index in [-0.39, 0.29) is 20.4 Å². The molecular formula is C4H6O4Pd. The third-order valence-corrected chi connectivity index (χ3v) is 0.276. The van der Waals surface area contributed by atoms with Crippen molar-refractivity contribution in [3.63, 3.8) is 0 Å². The summed E-state index contributed by atoms with van der Waals surface area (Å²) in [6.07, 6.45) is 0. The van der Waals surface area contributed by atoms with Crippen molar-refractivity contribution in [3.05, 3.63) is 0 Å². The quantitative estimate of drug-likeness (QED) is 0.331. The fourth-order valence-electron chi connectivity index (χ4n) is 0.117. The molecule has 0 unspecified atom stereocenters. The molecule has 0 aromatic rings. The Kier molecular flexibility index (Phi) is 7.27. The second-order valence-corrected chi connectivity index (χ2v) is 1.15. The predicted octanol–water partition coefficient (Wildman–Crippen LogP) is 0.0251. The first-order chi connectivity index (χ1) is 3.63. The molecule has 56 valence electrons. The SMILES string of the molecule is CC(=O)OOC(C)=O.[Pd]. The summed E-state index contributed by atoms with van der Waals surface area (Å²) >= 11 is 0. The Morgan fingerprint density at radius 2 is 1.22 bits per heavy atom. The molecule has 0 aromatic heterocycles. The van der Waals surface area contributed by atoms with Crippen LogP contribution in [0.4, 0.5) is 0 Å². The molecule has 0 radical (unpaired) electrons. The van der Waals surface area contributed by atoms with E-state index in [4.69, 9.17) is 0 Å². The van der Waals surface area contributed by atoms with Gasteiger partial charge in [0.25, 0.3) is 0 Å². The zero-order chi connectivity index (χ0) is 6.57. The molecule has 0 bridgehead atoms. The molecule has 4 nitrogen and oxygen atoms in total. The van der Waals surface area contributed by atoms with E-state index in [9.17, 15) is 9.59 Å². The van der Waals surface area contributed by atoms with Crippen molar-refractivity contribution in [2.75, 3.05) is 0 Å². The van der Waals surface area contributed by atoms with Gasteiger partial charge in [0.15, 0.2) is 0 Å². The molecule has 0 aliphatic carbocycles. The van der Waals surface area contributed by atoms with Crippen LogP contribution in [0, 0.1) is 0 Å². The Labute approximate surface area is 66.1 Å². The minimum Gasteiger partial charge on any atom is -0.248 e. The van der Waals surface area contributed by atoms with Gasteiger partial charge in [-0.1, -0.05) is 0 Å². The molecule has 0 N–H and O–H groups in total. The zero-order valence-corrected chi connectivity index (χ0v) is 6.50. The van der Waals surface area contributed by atoms with E-state index in [1.54, 1.807) is 0 Å². The average Bonchev–Trinajstić information content (AvgIpc) is 1.61. The van der Waals surface area contributed by atoms with Crippen LogP contribution in [0.1, 0.15) is 13.8 Å². The number of hydrogen-bond donors (Lipinski definition) is 0. The van der Waals surface area contributed by atoms with Gasteiger partial charge < -0.3 is 0 Å². The first kappa shape index (κ1) is 11.4. The molecular weight excluding hydrogens is 218 g/mol. The van der Waals surface area contributed by atoms with Gasteiger partial charge in [-0.15, -0.1) is 0 Å². The summed E-state index contributed by atoms with van der Waals surface area (Å²) in [7, 11) is 0. The van der Waals surface area contributed by atoms with E-state index in [1.807, 2.05) is 0 Å². The van der Waals surface area contributed by atoms with Gasteiger partial charge in [-0.05, 0) is 0 Å². The first-order valence-corrected chi connectivity index (χ1v) is 1.98. The van der Waals surface area contributed by atoms with E-state index in [0.29, 0.717) is 0 Å². The Balaban J connectivity index is 0. The zero-order valence-electron chi connectivity index (χ0n) is 4.95. The Hall–Kier alpha value is -0.398. The van der Waals surface area contributed by atoms with Crippen molar-refractivity contribution < 1.29 is 39.8 Å². The van der Waals surface area contributed by atoms with Crippen LogP contribution in [0.25, 0.3) is 0 Å². The third kappa shape index (κ3) is 11.3. The molecule has 0 amide bonds. The van der Waals surface area contributed by atoms with Crippen molar-refractivity contribution in [3.8, 4) is 0 Å². The standard InChI is InChI=1S/C4H6O4.Pd/c1-3(5)7-8-4(2)6;/h1-2H3;. The van der Waals surface area contributed by atoms with Gasteiger partial charge in [-0.25, -0.2) is 19.4 Å². The predicted molar refractivity (Wildman–Crippen MR) is 23.5 cm³/mol. The van der Waals surface area contributed by atoms with Gasteiger partial charge >= 0.3 is 11.9 Å². The van der Waals surface area contributed by atoms with Gasteiger partial charge in [0.1, 0.15) is 0 Å². The summed E-state index contributed by atoms with van der Waals surface area (Å²) in [5.74, 6) is -1.28. The Morgan fingerprint density at radius 3 is 1.33 bits per heavy atom. The number of rotatable bonds is 0. The van der Waals surface area contributed by atoms with E-state index < -0.39 is 11.9 Å². The van der Waals surface area contributed by atoms with Gasteiger partial charge in [-0.3, -0.25) is 0 Å². The summed E-state index contributed by atoms with van der Waals surface area (Å²) in [6.45, 7) is 2.28. The van der Waals surface area contributed by atoms with Crippen LogP contribution in [0.5, 0.6) is 0 Å². The molecule has 0 spiro atoms. The molecule has 0 atom stereocenters. The summed E-state index contributed by atoms with van der Waals surface area (Å²) in [4.78, 5) is 27.3. The molecule has 0 rings (SSSR count). The summed E-state index contributed by atoms with van der Waals surface area (Å²) in [5, 5.41) is 0. The van der Waals surface area contributed by atoms with Crippen molar-refractivity contribution in [2.45, 2.75) is 13.8 Å². The van der Waals surface area contributed by atoms with Crippen LogP contribution < -0.4 is 0 Å². The second-order valence-electron chi connectivity index (χ2n) is 1.15. The smallest absolute Gasteiger partial charge is 0.248 e. The molecule has 0 aliphatic heterocycles. The Bertz CT molecular complexity index is 97.1. The van der Waals surface area contributed by atoms with Crippen LogP contribution in [-0.2, 0) is 39.8 Å². The maximum atomic E-state index is 9.85. The molecule has 0 saturated carbocycles. The minimum absolute atomic E-state index is 0. The summed E-state index contributed by atoms with van der Waals surface area (Å²) < 4.78 is 0. The van der Waals surface area contributed by atoms with Gasteiger partial charge in [-0.2, -0.15) is 0 Å². The molecule has 0 fully saturated rings. The third-order valence-electron chi connectivity index (χ3n) is 0.276. The topological polar surface area (TPSA) is 52.6 Å². The van der Waals surface area contributed by atoms with E-state index in [0.717, 1.165) is 13.8 Å². The average molecular weight is 225 g/mol. The van der Waals surface area contributed by atoms with Crippen LogP contribution in [0.2, 0.25) is 0 Å². The van der Waals surface area contributed by atoms with E-state index in [2.05, 4.69) is 9.78 Å². The van der Waals surface area contributed by atoms with Crippen LogP contribution in [0.15, 0.2) is 0 Å². The molecule has 0 saturated heterocycles. The van der Waals surface area contributed by atoms with Gasteiger partial charge in [0.05, 0.1) is 0 Å². The van der Waals surface area contributed by atoms with E-state index in [1.165, 1.54) is 0 Å². The van der Waals surface area contributed by atoms with Crippen LogP contribution >= 0.6 is 0 Å². The summed E-state index contributed by atoms with van der Waals surface area (Å²) in [5.41, 5.74) is 0.